The second kappa shape index (κ2) is 10.0. The average molecular weight is 472 g/mol. The molecular formula is C21H23Cl2NO5S. The topological polar surface area (TPSA) is 72.9 Å². The maximum absolute atomic E-state index is 12.9. The molecule has 0 aliphatic carbocycles. The van der Waals surface area contributed by atoms with Gasteiger partial charge in [0.2, 0.25) is 10.0 Å². The number of hydrogen-bond donors (Lipinski definition) is 0. The number of nitrogens with zero attached hydrogens (tertiary/aromatic N) is 1. The van der Waals surface area contributed by atoms with Gasteiger partial charge in [0.15, 0.2) is 0 Å². The van der Waals surface area contributed by atoms with E-state index in [0.717, 1.165) is 5.56 Å². The van der Waals surface area contributed by atoms with E-state index in [1.165, 1.54) is 22.5 Å². The Morgan fingerprint density at radius 2 is 1.83 bits per heavy atom. The highest BCUT2D eigenvalue weighted by Gasteiger charge is 2.34. The van der Waals surface area contributed by atoms with E-state index in [4.69, 9.17) is 32.7 Å². The molecule has 0 bridgehead atoms. The zero-order chi connectivity index (χ0) is 21.7. The Kier molecular flexibility index (Phi) is 7.63. The Hall–Kier alpha value is -1.80. The van der Waals surface area contributed by atoms with E-state index in [9.17, 15) is 13.2 Å². The zero-order valence-corrected chi connectivity index (χ0v) is 18.8. The lowest BCUT2D eigenvalue weighted by molar-refractivity contribution is -0.151. The van der Waals surface area contributed by atoms with Crippen molar-refractivity contribution in [2.75, 3.05) is 19.7 Å². The van der Waals surface area contributed by atoms with Gasteiger partial charge in [-0.25, -0.2) is 8.42 Å². The van der Waals surface area contributed by atoms with E-state index >= 15 is 0 Å². The maximum atomic E-state index is 12.9. The number of para-hydroxylation sites is 1. The van der Waals surface area contributed by atoms with Crippen LogP contribution in [-0.2, 0) is 26.2 Å². The van der Waals surface area contributed by atoms with Crippen molar-refractivity contribution in [1.82, 2.24) is 4.31 Å². The monoisotopic (exact) mass is 471 g/mol. The van der Waals surface area contributed by atoms with E-state index in [0.29, 0.717) is 30.2 Å². The fraction of sp³-hybridized carbons (Fsp3) is 0.381. The highest BCUT2D eigenvalue weighted by atomic mass is 35.5. The first-order valence-corrected chi connectivity index (χ1v) is 11.8. The minimum absolute atomic E-state index is 0.0229. The van der Waals surface area contributed by atoms with Gasteiger partial charge < -0.3 is 9.47 Å². The van der Waals surface area contributed by atoms with E-state index in [-0.39, 0.29) is 41.5 Å². The summed E-state index contributed by atoms with van der Waals surface area (Å²) in [7, 11) is -3.78. The third-order valence-electron chi connectivity index (χ3n) is 4.94. The summed E-state index contributed by atoms with van der Waals surface area (Å²) in [6.45, 7) is 2.95. The van der Waals surface area contributed by atoms with E-state index < -0.39 is 10.0 Å². The summed E-state index contributed by atoms with van der Waals surface area (Å²) in [6.07, 6.45) is 0.757. The molecule has 6 nitrogen and oxygen atoms in total. The summed E-state index contributed by atoms with van der Waals surface area (Å²) >= 11 is 12.0. The minimum atomic E-state index is -3.78. The van der Waals surface area contributed by atoms with Crippen molar-refractivity contribution in [2.45, 2.75) is 31.3 Å². The molecule has 1 aliphatic rings. The van der Waals surface area contributed by atoms with Crippen molar-refractivity contribution in [3.63, 3.8) is 0 Å². The second-order valence-corrected chi connectivity index (χ2v) is 9.65. The van der Waals surface area contributed by atoms with Crippen LogP contribution in [0, 0.1) is 5.92 Å². The van der Waals surface area contributed by atoms with Crippen LogP contribution in [0.5, 0.6) is 5.75 Å². The lowest BCUT2D eigenvalue weighted by atomic mass is 9.98. The van der Waals surface area contributed by atoms with Crippen molar-refractivity contribution < 1.29 is 22.7 Å². The minimum Gasteiger partial charge on any atom is -0.493 e. The van der Waals surface area contributed by atoms with Crippen molar-refractivity contribution >= 4 is 39.2 Å². The summed E-state index contributed by atoms with van der Waals surface area (Å²) < 4.78 is 38.1. The van der Waals surface area contributed by atoms with Crippen molar-refractivity contribution in [3.05, 3.63) is 58.1 Å². The van der Waals surface area contributed by atoms with Gasteiger partial charge in [0.25, 0.3) is 0 Å². The van der Waals surface area contributed by atoms with Crippen LogP contribution in [0.25, 0.3) is 0 Å². The van der Waals surface area contributed by atoms with Crippen LogP contribution in [0.3, 0.4) is 0 Å². The first-order chi connectivity index (χ1) is 14.3. The fourth-order valence-corrected chi connectivity index (χ4v) is 5.54. The van der Waals surface area contributed by atoms with Crippen LogP contribution >= 0.6 is 23.2 Å². The lowest BCUT2D eigenvalue weighted by Gasteiger charge is -2.30. The summed E-state index contributed by atoms with van der Waals surface area (Å²) in [4.78, 5) is 12.5. The molecule has 9 heteroatoms. The number of ether oxygens (including phenoxy) is 2. The van der Waals surface area contributed by atoms with Gasteiger partial charge in [-0.2, -0.15) is 4.31 Å². The van der Waals surface area contributed by atoms with Crippen LogP contribution in [0.15, 0.2) is 47.4 Å². The molecule has 162 valence electrons. The molecular weight excluding hydrogens is 449 g/mol. The van der Waals surface area contributed by atoms with E-state index in [2.05, 4.69) is 0 Å². The Bertz CT molecular complexity index is 1000. The number of carbonyl (C=O) groups excluding carboxylic acids is 1. The Balaban J connectivity index is 1.59. The molecule has 2 aromatic rings. The number of sulfonamides is 1. The summed E-state index contributed by atoms with van der Waals surface area (Å²) in [6, 6.07) is 11.7. The van der Waals surface area contributed by atoms with E-state index in [1.54, 1.807) is 0 Å². The van der Waals surface area contributed by atoms with Crippen molar-refractivity contribution in [2.24, 2.45) is 5.92 Å². The molecule has 0 aromatic heterocycles. The third-order valence-corrected chi connectivity index (χ3v) is 7.56. The lowest BCUT2D eigenvalue weighted by Crippen LogP contribution is -2.40. The maximum Gasteiger partial charge on any atom is 0.309 e. The largest absolute Gasteiger partial charge is 0.493 e. The van der Waals surface area contributed by atoms with Gasteiger partial charge in [0, 0.05) is 23.7 Å². The number of rotatable bonds is 7. The molecule has 1 fully saturated rings. The van der Waals surface area contributed by atoms with Gasteiger partial charge in [-0.1, -0.05) is 41.4 Å². The van der Waals surface area contributed by atoms with Crippen LogP contribution in [0.1, 0.15) is 25.3 Å². The van der Waals surface area contributed by atoms with Gasteiger partial charge in [-0.15, -0.1) is 0 Å². The van der Waals surface area contributed by atoms with E-state index in [1.807, 2.05) is 31.2 Å². The van der Waals surface area contributed by atoms with Crippen LogP contribution in [-0.4, -0.2) is 38.4 Å². The predicted molar refractivity (Wildman–Crippen MR) is 115 cm³/mol. The molecule has 0 N–H and O–H groups in total. The van der Waals surface area contributed by atoms with Crippen molar-refractivity contribution in [1.29, 1.82) is 0 Å². The predicted octanol–water partition coefficient (Wildman–Crippen LogP) is 4.54. The molecule has 0 unspecified atom stereocenters. The fourth-order valence-electron chi connectivity index (χ4n) is 3.33. The summed E-state index contributed by atoms with van der Waals surface area (Å²) in [5.41, 5.74) is 0.795. The molecule has 0 saturated carbocycles. The standard InChI is InChI=1S/C21H23Cl2NO5S/c1-2-28-19-6-4-3-5-16(19)14-29-21(25)15-9-11-24(12-10-15)30(26,27)20-13-17(22)7-8-18(20)23/h3-8,13,15H,2,9-12,14H2,1H3. The number of benzene rings is 2. The molecule has 30 heavy (non-hydrogen) atoms. The van der Waals surface area contributed by atoms with Crippen LogP contribution in [0.4, 0.5) is 0 Å². The number of carbonyl (C=O) groups is 1. The zero-order valence-electron chi connectivity index (χ0n) is 16.5. The van der Waals surface area contributed by atoms with Crippen LogP contribution < -0.4 is 4.74 Å². The average Bonchev–Trinajstić information content (AvgIpc) is 2.75. The molecule has 0 spiro atoms. The Morgan fingerprint density at radius 3 is 2.53 bits per heavy atom. The van der Waals surface area contributed by atoms with Gasteiger partial charge in [0.05, 0.1) is 17.5 Å². The second-order valence-electron chi connectivity index (χ2n) is 6.90. The number of piperidine rings is 1. The van der Waals surface area contributed by atoms with Gasteiger partial charge in [-0.05, 0) is 44.0 Å². The first-order valence-electron chi connectivity index (χ1n) is 9.65. The number of esters is 1. The van der Waals surface area contributed by atoms with Gasteiger partial charge in [-0.3, -0.25) is 4.79 Å². The molecule has 1 aliphatic heterocycles. The molecule has 2 aromatic carbocycles. The molecule has 0 atom stereocenters. The van der Waals surface area contributed by atoms with Crippen molar-refractivity contribution in [3.8, 4) is 5.75 Å². The normalized spacial score (nSPS) is 15.7. The first kappa shape index (κ1) is 22.9. The van der Waals surface area contributed by atoms with Gasteiger partial charge >= 0.3 is 5.97 Å². The molecule has 0 amide bonds. The summed E-state index contributed by atoms with van der Waals surface area (Å²) in [5, 5.41) is 0.415. The van der Waals surface area contributed by atoms with Crippen LogP contribution in [0.2, 0.25) is 10.0 Å². The molecule has 1 heterocycles. The smallest absolute Gasteiger partial charge is 0.309 e. The number of hydrogen-bond acceptors (Lipinski definition) is 5. The molecule has 0 radical (unpaired) electrons. The summed E-state index contributed by atoms with van der Waals surface area (Å²) in [5.74, 6) is -0.00297. The highest BCUT2D eigenvalue weighted by molar-refractivity contribution is 7.89. The van der Waals surface area contributed by atoms with Gasteiger partial charge in [0.1, 0.15) is 17.3 Å². The molecule has 1 saturated heterocycles. The Labute approximate surface area is 186 Å². The number of halogens is 2. The SMILES string of the molecule is CCOc1ccccc1COC(=O)C1CCN(S(=O)(=O)c2cc(Cl)ccc2Cl)CC1. The molecule has 3 rings (SSSR count). The highest BCUT2D eigenvalue weighted by Crippen LogP contribution is 2.31. The Morgan fingerprint density at radius 1 is 1.13 bits per heavy atom. The quantitative estimate of drug-likeness (QED) is 0.554. The third kappa shape index (κ3) is 5.27.